The number of rotatable bonds is 9. The molecule has 0 bridgehead atoms. The van der Waals surface area contributed by atoms with Crippen LogP contribution in [0.3, 0.4) is 0 Å². The summed E-state index contributed by atoms with van der Waals surface area (Å²) in [6, 6.07) is -0.608. The number of amides is 2. The topological polar surface area (TPSA) is 85.9 Å². The molecule has 1 atom stereocenters. The van der Waals surface area contributed by atoms with E-state index in [-0.39, 0.29) is 12.2 Å². The average molecular weight is 318 g/mol. The van der Waals surface area contributed by atoms with Crippen molar-refractivity contribution in [1.82, 2.24) is 10.6 Å². The summed E-state index contributed by atoms with van der Waals surface area (Å²) in [6.07, 6.45) is 0.899. The van der Waals surface area contributed by atoms with Crippen LogP contribution in [0.2, 0.25) is 0 Å². The molecule has 2 N–H and O–H groups in total. The van der Waals surface area contributed by atoms with Gasteiger partial charge in [0.2, 0.25) is 5.91 Å². The third-order valence-electron chi connectivity index (χ3n) is 2.79. The van der Waals surface area contributed by atoms with Crippen LogP contribution in [-0.2, 0) is 19.0 Å². The zero-order valence-corrected chi connectivity index (χ0v) is 14.5. The van der Waals surface area contributed by atoms with Crippen LogP contribution in [0.5, 0.6) is 0 Å². The number of hydrogen-bond donors (Lipinski definition) is 2. The summed E-state index contributed by atoms with van der Waals surface area (Å²) in [4.78, 5) is 23.9. The van der Waals surface area contributed by atoms with Crippen LogP contribution in [0.1, 0.15) is 47.0 Å². The number of carbonyl (C=O) groups excluding carboxylic acids is 2. The van der Waals surface area contributed by atoms with Gasteiger partial charge in [-0.15, -0.1) is 0 Å². The molecule has 0 saturated heterocycles. The minimum absolute atomic E-state index is 0.237. The van der Waals surface area contributed by atoms with Crippen molar-refractivity contribution in [3.63, 3.8) is 0 Å². The molecule has 0 aromatic rings. The Morgan fingerprint density at radius 3 is 2.14 bits per heavy atom. The number of ether oxygens (including phenoxy) is 3. The lowest BCUT2D eigenvalue weighted by Gasteiger charge is -2.23. The van der Waals surface area contributed by atoms with Crippen molar-refractivity contribution in [3.8, 4) is 0 Å². The Kier molecular flexibility index (Phi) is 9.76. The highest BCUT2D eigenvalue weighted by molar-refractivity contribution is 5.85. The normalized spacial score (nSPS) is 12.9. The first-order chi connectivity index (χ1) is 10.2. The van der Waals surface area contributed by atoms with E-state index in [1.807, 2.05) is 6.92 Å². The van der Waals surface area contributed by atoms with E-state index in [1.165, 1.54) is 0 Å². The minimum atomic E-state index is -0.608. The molecule has 0 aromatic heterocycles. The Hall–Kier alpha value is -1.34. The minimum Gasteiger partial charge on any atom is -0.444 e. The Labute approximate surface area is 133 Å². The Morgan fingerprint density at radius 1 is 1.09 bits per heavy atom. The van der Waals surface area contributed by atoms with Gasteiger partial charge in [0.05, 0.1) is 0 Å². The van der Waals surface area contributed by atoms with Crippen LogP contribution >= 0.6 is 0 Å². The SMILES string of the molecule is CCC[C@@H](NC(=O)OC(C)(C)C)C(=O)NCCC(OC)OC. The van der Waals surface area contributed by atoms with E-state index in [0.717, 1.165) is 6.42 Å². The summed E-state index contributed by atoms with van der Waals surface area (Å²) in [6.45, 7) is 7.68. The zero-order chi connectivity index (χ0) is 17.2. The van der Waals surface area contributed by atoms with Crippen LogP contribution in [-0.4, -0.2) is 50.7 Å². The van der Waals surface area contributed by atoms with Gasteiger partial charge in [-0.05, 0) is 27.2 Å². The Balaban J connectivity index is 4.36. The van der Waals surface area contributed by atoms with E-state index < -0.39 is 17.7 Å². The second-order valence-electron chi connectivity index (χ2n) is 5.97. The summed E-state index contributed by atoms with van der Waals surface area (Å²) >= 11 is 0. The third-order valence-corrected chi connectivity index (χ3v) is 2.79. The average Bonchev–Trinajstić information content (AvgIpc) is 2.41. The summed E-state index contributed by atoms with van der Waals surface area (Å²) in [5.74, 6) is -0.237. The van der Waals surface area contributed by atoms with Gasteiger partial charge in [0.1, 0.15) is 11.6 Å². The largest absolute Gasteiger partial charge is 0.444 e. The van der Waals surface area contributed by atoms with Crippen molar-refractivity contribution in [2.24, 2.45) is 0 Å². The van der Waals surface area contributed by atoms with E-state index in [1.54, 1.807) is 35.0 Å². The molecule has 0 rings (SSSR count). The lowest BCUT2D eigenvalue weighted by Crippen LogP contribution is -2.48. The molecule has 0 radical (unpaired) electrons. The highest BCUT2D eigenvalue weighted by Gasteiger charge is 2.23. The van der Waals surface area contributed by atoms with Gasteiger partial charge in [-0.2, -0.15) is 0 Å². The van der Waals surface area contributed by atoms with E-state index in [4.69, 9.17) is 14.2 Å². The van der Waals surface area contributed by atoms with Gasteiger partial charge in [0.25, 0.3) is 0 Å². The monoisotopic (exact) mass is 318 g/mol. The summed E-state index contributed by atoms with van der Waals surface area (Å²) in [5.41, 5.74) is -0.596. The molecular formula is C15H30N2O5. The van der Waals surface area contributed by atoms with E-state index in [9.17, 15) is 9.59 Å². The molecule has 0 aromatic carbocycles. The molecule has 130 valence electrons. The van der Waals surface area contributed by atoms with E-state index in [2.05, 4.69) is 10.6 Å². The van der Waals surface area contributed by atoms with Crippen LogP contribution < -0.4 is 10.6 Å². The first-order valence-corrected chi connectivity index (χ1v) is 7.56. The maximum atomic E-state index is 12.1. The van der Waals surface area contributed by atoms with E-state index >= 15 is 0 Å². The lowest BCUT2D eigenvalue weighted by molar-refractivity contribution is -0.125. The van der Waals surface area contributed by atoms with Crippen molar-refractivity contribution in [2.45, 2.75) is 64.9 Å². The van der Waals surface area contributed by atoms with Crippen LogP contribution in [0.15, 0.2) is 0 Å². The van der Waals surface area contributed by atoms with E-state index in [0.29, 0.717) is 19.4 Å². The van der Waals surface area contributed by atoms with Gasteiger partial charge in [-0.1, -0.05) is 13.3 Å². The van der Waals surface area contributed by atoms with Crippen LogP contribution in [0.25, 0.3) is 0 Å². The number of hydrogen-bond acceptors (Lipinski definition) is 5. The second-order valence-corrected chi connectivity index (χ2v) is 5.97. The van der Waals surface area contributed by atoms with Crippen molar-refractivity contribution in [1.29, 1.82) is 0 Å². The fourth-order valence-electron chi connectivity index (χ4n) is 1.78. The molecule has 7 nitrogen and oxygen atoms in total. The third kappa shape index (κ3) is 9.57. The van der Waals surface area contributed by atoms with Gasteiger partial charge in [0.15, 0.2) is 6.29 Å². The first-order valence-electron chi connectivity index (χ1n) is 7.56. The molecule has 0 saturated carbocycles. The van der Waals surface area contributed by atoms with Gasteiger partial charge in [-0.25, -0.2) is 4.79 Å². The predicted octanol–water partition coefficient (Wildman–Crippen LogP) is 1.81. The fourth-order valence-corrected chi connectivity index (χ4v) is 1.78. The number of nitrogens with one attached hydrogen (secondary N) is 2. The van der Waals surface area contributed by atoms with Crippen molar-refractivity contribution < 1.29 is 23.8 Å². The highest BCUT2D eigenvalue weighted by Crippen LogP contribution is 2.08. The smallest absolute Gasteiger partial charge is 0.408 e. The molecule has 0 aliphatic rings. The molecule has 2 amide bonds. The standard InChI is InChI=1S/C15H30N2O5/c1-7-8-11(17-14(19)22-15(2,3)4)13(18)16-10-9-12(20-5)21-6/h11-12H,7-10H2,1-6H3,(H,16,18)(H,17,19)/t11-/m1/s1. The fraction of sp³-hybridized carbons (Fsp3) is 0.867. The predicted molar refractivity (Wildman–Crippen MR) is 83.5 cm³/mol. The zero-order valence-electron chi connectivity index (χ0n) is 14.5. The number of alkyl carbamates (subject to hydrolysis) is 1. The highest BCUT2D eigenvalue weighted by atomic mass is 16.7. The van der Waals surface area contributed by atoms with Gasteiger partial charge in [0, 0.05) is 27.2 Å². The summed E-state index contributed by atoms with van der Waals surface area (Å²) in [7, 11) is 3.08. The Bertz CT molecular complexity index is 337. The molecule has 7 heteroatoms. The molecule has 0 fully saturated rings. The molecule has 0 unspecified atom stereocenters. The quantitative estimate of drug-likeness (QED) is 0.633. The van der Waals surface area contributed by atoms with Crippen molar-refractivity contribution in [3.05, 3.63) is 0 Å². The molecule has 0 spiro atoms. The van der Waals surface area contributed by atoms with Crippen LogP contribution in [0, 0.1) is 0 Å². The van der Waals surface area contributed by atoms with Gasteiger partial charge in [-0.3, -0.25) is 4.79 Å². The van der Waals surface area contributed by atoms with Gasteiger partial charge < -0.3 is 24.8 Å². The van der Waals surface area contributed by atoms with Crippen molar-refractivity contribution >= 4 is 12.0 Å². The summed E-state index contributed by atoms with van der Waals surface area (Å²) < 4.78 is 15.3. The van der Waals surface area contributed by atoms with Crippen molar-refractivity contribution in [2.75, 3.05) is 20.8 Å². The molecule has 0 aliphatic carbocycles. The maximum absolute atomic E-state index is 12.1. The number of methoxy groups -OCH3 is 2. The second kappa shape index (κ2) is 10.4. The Morgan fingerprint density at radius 2 is 1.68 bits per heavy atom. The molecular weight excluding hydrogens is 288 g/mol. The summed E-state index contributed by atoms with van der Waals surface area (Å²) in [5, 5.41) is 5.37. The number of carbonyl (C=O) groups is 2. The lowest BCUT2D eigenvalue weighted by atomic mass is 10.1. The van der Waals surface area contributed by atoms with Crippen LogP contribution in [0.4, 0.5) is 4.79 Å². The molecule has 22 heavy (non-hydrogen) atoms. The van der Waals surface area contributed by atoms with Gasteiger partial charge >= 0.3 is 6.09 Å². The molecule has 0 heterocycles. The molecule has 0 aliphatic heterocycles. The maximum Gasteiger partial charge on any atom is 0.408 e. The first kappa shape index (κ1) is 20.7.